The summed E-state index contributed by atoms with van der Waals surface area (Å²) in [6.07, 6.45) is 0. The zero-order valence-electron chi connectivity index (χ0n) is 16.9. The van der Waals surface area contributed by atoms with Crippen LogP contribution in [-0.2, 0) is 24.8 Å². The van der Waals surface area contributed by atoms with Gasteiger partial charge in [0.2, 0.25) is 10.8 Å². The smallest absolute Gasteiger partial charge is 0.326 e. The number of amides is 1. The molecule has 0 bridgehead atoms. The molecule has 0 aliphatic rings. The lowest BCUT2D eigenvalue weighted by molar-refractivity contribution is -0.123. The number of nitrogens with one attached hydrogen (secondary N) is 1. The van der Waals surface area contributed by atoms with E-state index in [-0.39, 0.29) is 16.1 Å². The molecule has 1 aromatic heterocycles. The number of benzene rings is 1. The van der Waals surface area contributed by atoms with Crippen LogP contribution in [0.3, 0.4) is 0 Å². The maximum Gasteiger partial charge on any atom is 0.326 e. The van der Waals surface area contributed by atoms with Gasteiger partial charge in [-0.2, -0.15) is 4.55 Å². The number of carbonyl (C=O) groups excluding carboxylic acids is 1. The molecule has 1 aromatic carbocycles. The number of carbonyl (C=O) groups is 1. The van der Waals surface area contributed by atoms with Crippen molar-refractivity contribution in [1.82, 2.24) is 9.46 Å². The molecule has 0 aliphatic heterocycles. The molecule has 1 amide bonds. The first-order valence-electron chi connectivity index (χ1n) is 8.62. The van der Waals surface area contributed by atoms with Crippen LogP contribution in [0.5, 0.6) is 0 Å². The van der Waals surface area contributed by atoms with E-state index in [1.54, 1.807) is 44.2 Å². The number of aryl methyl sites for hydroxylation is 1. The first-order valence-corrected chi connectivity index (χ1v) is 10.1. The fraction of sp³-hybridized carbons (Fsp3) is 0.474. The highest BCUT2D eigenvalue weighted by Crippen LogP contribution is 2.29. The molecule has 1 heterocycles. The molecule has 0 radical (unpaired) electrons. The van der Waals surface area contributed by atoms with Gasteiger partial charge in [0.1, 0.15) is 11.3 Å². The summed E-state index contributed by atoms with van der Waals surface area (Å²) in [5, 5.41) is 6.53. The Morgan fingerprint density at radius 3 is 2.22 bits per heavy atom. The normalized spacial score (nSPS) is 14.9. The van der Waals surface area contributed by atoms with E-state index in [1.165, 1.54) is 11.4 Å². The summed E-state index contributed by atoms with van der Waals surface area (Å²) >= 11 is 0. The van der Waals surface area contributed by atoms with Crippen molar-refractivity contribution in [2.75, 3.05) is 12.4 Å². The van der Waals surface area contributed by atoms with Gasteiger partial charge in [0.25, 0.3) is 0 Å². The second-order valence-electron chi connectivity index (χ2n) is 8.15. The molecule has 0 fully saturated rings. The molecule has 0 saturated heterocycles. The highest BCUT2D eigenvalue weighted by Gasteiger charge is 2.49. The fourth-order valence-electron chi connectivity index (χ4n) is 2.28. The lowest BCUT2D eigenvalue weighted by Crippen LogP contribution is -2.55. The molecule has 2 rings (SSSR count). The minimum atomic E-state index is -3.59. The molecule has 1 atom stereocenters. The topological polar surface area (TPSA) is 95.7 Å². The van der Waals surface area contributed by atoms with Crippen LogP contribution < -0.4 is 5.32 Å². The fourth-order valence-corrected chi connectivity index (χ4v) is 3.79. The van der Waals surface area contributed by atoms with Gasteiger partial charge in [-0.3, -0.25) is 4.79 Å². The third kappa shape index (κ3) is 4.45. The van der Waals surface area contributed by atoms with Crippen molar-refractivity contribution in [2.24, 2.45) is 0 Å². The van der Waals surface area contributed by atoms with E-state index >= 15 is 0 Å². The summed E-state index contributed by atoms with van der Waals surface area (Å²) in [5.41, 5.74) is -0.542. The van der Waals surface area contributed by atoms with Crippen molar-refractivity contribution in [1.29, 1.82) is 0 Å². The van der Waals surface area contributed by atoms with Crippen molar-refractivity contribution < 1.29 is 18.1 Å². The van der Waals surface area contributed by atoms with Gasteiger partial charge in [0.15, 0.2) is 5.82 Å². The maximum absolute atomic E-state index is 13.0. The van der Waals surface area contributed by atoms with Crippen LogP contribution in [0.1, 0.15) is 45.9 Å². The van der Waals surface area contributed by atoms with Crippen molar-refractivity contribution in [3.63, 3.8) is 0 Å². The Kier molecular flexibility index (Phi) is 5.66. The second kappa shape index (κ2) is 7.18. The van der Waals surface area contributed by atoms with E-state index in [1.807, 2.05) is 27.7 Å². The maximum atomic E-state index is 13.0. The third-order valence-corrected chi connectivity index (χ3v) is 6.62. The first kappa shape index (κ1) is 21.3. The zero-order valence-corrected chi connectivity index (χ0v) is 17.7. The lowest BCUT2D eigenvalue weighted by atomic mass is 9.93. The van der Waals surface area contributed by atoms with E-state index in [2.05, 4.69) is 10.5 Å². The molecule has 7 nitrogen and oxygen atoms in total. The number of nitrogens with zero attached hydrogens (tertiary/aromatic N) is 2. The molecule has 0 spiro atoms. The van der Waals surface area contributed by atoms with Gasteiger partial charge in [-0.25, -0.2) is 0 Å². The Hall–Kier alpha value is -2.03. The number of hydrogen-bond donors (Lipinski definition) is 2. The van der Waals surface area contributed by atoms with E-state index < -0.39 is 21.8 Å². The van der Waals surface area contributed by atoms with Gasteiger partial charge in [-0.05, 0) is 37.1 Å². The van der Waals surface area contributed by atoms with Gasteiger partial charge >= 0.3 is 10.4 Å². The summed E-state index contributed by atoms with van der Waals surface area (Å²) in [7, 11) is -2.14. The molecule has 27 heavy (non-hydrogen) atoms. The Morgan fingerprint density at radius 2 is 1.74 bits per heavy atom. The van der Waals surface area contributed by atoms with Crippen LogP contribution in [0.15, 0.2) is 39.8 Å². The minimum Gasteiger partial charge on any atom is -0.359 e. The number of anilines is 1. The van der Waals surface area contributed by atoms with Crippen LogP contribution >= 0.6 is 0 Å². The first-order chi connectivity index (χ1) is 12.3. The summed E-state index contributed by atoms with van der Waals surface area (Å²) in [5.74, 6) is 0.438. The van der Waals surface area contributed by atoms with Crippen LogP contribution in [0.4, 0.5) is 5.82 Å². The molecule has 2 N–H and O–H groups in total. The van der Waals surface area contributed by atoms with Crippen molar-refractivity contribution in [3.8, 4) is 0 Å². The minimum absolute atomic E-state index is 0.243. The van der Waals surface area contributed by atoms with Crippen LogP contribution in [-0.4, -0.2) is 32.5 Å². The lowest BCUT2D eigenvalue weighted by Gasteiger charge is -2.30. The van der Waals surface area contributed by atoms with Crippen molar-refractivity contribution in [3.05, 3.63) is 41.7 Å². The van der Waals surface area contributed by atoms with Gasteiger partial charge in [-0.1, -0.05) is 47.9 Å². The van der Waals surface area contributed by atoms with Crippen molar-refractivity contribution >= 4 is 22.1 Å². The second-order valence-corrected chi connectivity index (χ2v) is 10.2. The molecular weight excluding hydrogens is 366 g/mol. The molecule has 0 saturated carbocycles. The summed E-state index contributed by atoms with van der Waals surface area (Å²) in [4.78, 5) is 13.0. The highest BCUT2D eigenvalue weighted by molar-refractivity contribution is 7.95. The molecule has 1 unspecified atom stereocenters. The monoisotopic (exact) mass is 394 g/mol. The van der Waals surface area contributed by atoms with Gasteiger partial charge in [-0.15, -0.1) is 0 Å². The largest absolute Gasteiger partial charge is 0.359 e. The Labute approximate surface area is 161 Å². The number of aromatic nitrogens is 1. The molecule has 148 valence electrons. The van der Waals surface area contributed by atoms with Crippen LogP contribution in [0.25, 0.3) is 0 Å². The number of likely N-dealkylation sites (N-methyl/N-ethyl adjacent to an activating group) is 1. The average molecular weight is 395 g/mol. The standard InChI is InChI=1S/C19H27N3O4S/c1-13-8-10-14(11-9-13)27(24,25)22(7)19(5,6)17(23)20-16-12-15(26-21-16)18(2,3)4/h8-12H,1-7H3,(H-,20,21,23,24,25)/p+1. The predicted molar refractivity (Wildman–Crippen MR) is 106 cm³/mol. The van der Waals surface area contributed by atoms with Gasteiger partial charge in [0, 0.05) is 18.5 Å². The van der Waals surface area contributed by atoms with Crippen LogP contribution in [0.2, 0.25) is 0 Å². The average Bonchev–Trinajstić information content (AvgIpc) is 3.03. The van der Waals surface area contributed by atoms with E-state index in [0.29, 0.717) is 5.76 Å². The summed E-state index contributed by atoms with van der Waals surface area (Å²) in [6.45, 7) is 11.0. The van der Waals surface area contributed by atoms with Gasteiger partial charge < -0.3 is 9.84 Å². The number of rotatable bonds is 5. The molecule has 8 heteroatoms. The molecular formula is C19H28N3O4S+. The van der Waals surface area contributed by atoms with E-state index in [0.717, 1.165) is 5.56 Å². The van der Waals surface area contributed by atoms with Crippen LogP contribution in [0, 0.1) is 6.92 Å². The van der Waals surface area contributed by atoms with E-state index in [9.17, 15) is 13.6 Å². The quantitative estimate of drug-likeness (QED) is 0.751. The van der Waals surface area contributed by atoms with Crippen molar-refractivity contribution in [2.45, 2.75) is 57.4 Å². The zero-order chi connectivity index (χ0) is 20.6. The summed E-state index contributed by atoms with van der Waals surface area (Å²) < 4.78 is 30.1. The number of hydrogen-bond acceptors (Lipinski definition) is 4. The Bertz CT molecular complexity index is 866. The Morgan fingerprint density at radius 1 is 1.19 bits per heavy atom. The molecule has 0 aliphatic carbocycles. The predicted octanol–water partition coefficient (Wildman–Crippen LogP) is 3.88. The third-order valence-electron chi connectivity index (χ3n) is 4.53. The van der Waals surface area contributed by atoms with Gasteiger partial charge in [0.05, 0.1) is 0 Å². The SMILES string of the molecule is Cc1ccc([S+](=O)(O)N(C)C(C)(C)C(=O)Nc2cc(C(C)(C)C)on2)cc1. The van der Waals surface area contributed by atoms with E-state index in [4.69, 9.17) is 4.52 Å². The Balaban J connectivity index is 2.22. The molecule has 2 aromatic rings. The summed E-state index contributed by atoms with van der Waals surface area (Å²) in [6, 6.07) is 8.36. The highest BCUT2D eigenvalue weighted by atomic mass is 32.3.